The van der Waals surface area contributed by atoms with Gasteiger partial charge in [-0.3, -0.25) is 0 Å². The summed E-state index contributed by atoms with van der Waals surface area (Å²) in [6.07, 6.45) is 11.6. The molecule has 2 fully saturated rings. The summed E-state index contributed by atoms with van der Waals surface area (Å²) in [6.45, 7) is 6.69. The number of hydrogen-bond acceptors (Lipinski definition) is 2. The number of alkyl halides is 1. The van der Waals surface area contributed by atoms with Gasteiger partial charge in [-0.2, -0.15) is 0 Å². The highest BCUT2D eigenvalue weighted by Crippen LogP contribution is 2.38. The normalized spacial score (nSPS) is 29.1. The highest BCUT2D eigenvalue weighted by Gasteiger charge is 2.33. The Balaban J connectivity index is 1.89. The summed E-state index contributed by atoms with van der Waals surface area (Å²) < 4.78 is 5.84. The number of likely N-dealkylation sites (tertiary alicyclic amines) is 1. The summed E-state index contributed by atoms with van der Waals surface area (Å²) in [5.41, 5.74) is 0.532. The van der Waals surface area contributed by atoms with Crippen LogP contribution >= 0.6 is 15.9 Å². The fourth-order valence-corrected chi connectivity index (χ4v) is 4.55. The number of ether oxygens (including phenoxy) is 1. The van der Waals surface area contributed by atoms with Gasteiger partial charge in [-0.1, -0.05) is 41.6 Å². The third-order valence-electron chi connectivity index (χ3n) is 4.87. The average Bonchev–Trinajstić information content (AvgIpc) is 2.66. The fraction of sp³-hybridized carbons (Fsp3) is 1.00. The Morgan fingerprint density at radius 1 is 1.16 bits per heavy atom. The molecule has 0 amide bonds. The monoisotopic (exact) mass is 331 g/mol. The lowest BCUT2D eigenvalue weighted by molar-refractivity contribution is -0.00613. The molecule has 2 nitrogen and oxygen atoms in total. The van der Waals surface area contributed by atoms with Crippen molar-refractivity contribution in [3.8, 4) is 0 Å². The lowest BCUT2D eigenvalue weighted by Crippen LogP contribution is -2.46. The van der Waals surface area contributed by atoms with Crippen LogP contribution in [0.3, 0.4) is 0 Å². The number of nitrogens with zero attached hydrogens (tertiary/aromatic N) is 1. The zero-order valence-electron chi connectivity index (χ0n) is 12.5. The van der Waals surface area contributed by atoms with Gasteiger partial charge in [0.05, 0.1) is 6.10 Å². The van der Waals surface area contributed by atoms with E-state index >= 15 is 0 Å². The first-order valence-corrected chi connectivity index (χ1v) is 9.30. The van der Waals surface area contributed by atoms with Crippen LogP contribution in [0.15, 0.2) is 0 Å². The van der Waals surface area contributed by atoms with E-state index < -0.39 is 0 Å². The van der Waals surface area contributed by atoms with Crippen molar-refractivity contribution in [2.75, 3.05) is 31.6 Å². The first-order chi connectivity index (χ1) is 9.28. The van der Waals surface area contributed by atoms with E-state index in [1.807, 2.05) is 0 Å². The molecule has 0 aromatic carbocycles. The van der Waals surface area contributed by atoms with Crippen molar-refractivity contribution in [2.45, 2.75) is 64.4 Å². The molecule has 1 atom stereocenters. The van der Waals surface area contributed by atoms with E-state index in [-0.39, 0.29) is 0 Å². The van der Waals surface area contributed by atoms with Crippen molar-refractivity contribution in [1.82, 2.24) is 4.90 Å². The second-order valence-electron chi connectivity index (χ2n) is 6.50. The fourth-order valence-electron chi connectivity index (χ4n) is 3.82. The van der Waals surface area contributed by atoms with Crippen molar-refractivity contribution in [3.63, 3.8) is 0 Å². The summed E-state index contributed by atoms with van der Waals surface area (Å²) in [4.78, 5) is 2.68. The van der Waals surface area contributed by atoms with Gasteiger partial charge >= 0.3 is 0 Å². The van der Waals surface area contributed by atoms with Gasteiger partial charge in [0.15, 0.2) is 0 Å². The van der Waals surface area contributed by atoms with Crippen LogP contribution in [0.25, 0.3) is 0 Å². The molecule has 0 spiro atoms. The smallest absolute Gasteiger partial charge is 0.0702 e. The Kier molecular flexibility index (Phi) is 6.64. The lowest BCUT2D eigenvalue weighted by Gasteiger charge is -2.40. The number of halogens is 1. The molecule has 1 saturated heterocycles. The Morgan fingerprint density at radius 3 is 2.53 bits per heavy atom. The highest BCUT2D eigenvalue weighted by molar-refractivity contribution is 9.09. The minimum atomic E-state index is 0.483. The molecule has 2 aliphatic rings. The Morgan fingerprint density at radius 2 is 1.89 bits per heavy atom. The highest BCUT2D eigenvalue weighted by atomic mass is 79.9. The minimum absolute atomic E-state index is 0.483. The Labute approximate surface area is 127 Å². The summed E-state index contributed by atoms with van der Waals surface area (Å²) in [5.74, 6) is 0. The summed E-state index contributed by atoms with van der Waals surface area (Å²) in [6, 6.07) is 0. The Bertz CT molecular complexity index is 249. The molecule has 0 radical (unpaired) electrons. The number of rotatable bonds is 5. The third-order valence-corrected chi connectivity index (χ3v) is 6.06. The zero-order chi connectivity index (χ0) is 13.6. The van der Waals surface area contributed by atoms with Crippen molar-refractivity contribution >= 4 is 15.9 Å². The Hall–Kier alpha value is 0.400. The van der Waals surface area contributed by atoms with E-state index in [2.05, 4.69) is 27.8 Å². The molecule has 3 heteroatoms. The molecule has 112 valence electrons. The molecule has 0 N–H and O–H groups in total. The van der Waals surface area contributed by atoms with Crippen molar-refractivity contribution in [1.29, 1.82) is 0 Å². The van der Waals surface area contributed by atoms with Gasteiger partial charge in [0.1, 0.15) is 0 Å². The zero-order valence-corrected chi connectivity index (χ0v) is 14.1. The van der Waals surface area contributed by atoms with Gasteiger partial charge < -0.3 is 9.64 Å². The number of piperidine rings is 1. The molecule has 1 aliphatic heterocycles. The van der Waals surface area contributed by atoms with Crippen LogP contribution in [0.4, 0.5) is 0 Å². The van der Waals surface area contributed by atoms with Crippen molar-refractivity contribution < 1.29 is 4.74 Å². The summed E-state index contributed by atoms with van der Waals surface area (Å²) >= 11 is 3.82. The molecule has 0 bridgehead atoms. The maximum Gasteiger partial charge on any atom is 0.0702 e. The molecular formula is C16H30BrNO. The molecule has 2 rings (SSSR count). The van der Waals surface area contributed by atoms with Gasteiger partial charge in [0.25, 0.3) is 0 Å². The van der Waals surface area contributed by atoms with Crippen LogP contribution in [-0.2, 0) is 4.74 Å². The summed E-state index contributed by atoms with van der Waals surface area (Å²) in [5, 5.41) is 1.18. The van der Waals surface area contributed by atoms with Crippen LogP contribution in [0, 0.1) is 5.41 Å². The van der Waals surface area contributed by atoms with Crippen LogP contribution in [0.5, 0.6) is 0 Å². The van der Waals surface area contributed by atoms with Crippen molar-refractivity contribution in [2.24, 2.45) is 5.41 Å². The van der Waals surface area contributed by atoms with Gasteiger partial charge in [-0.15, -0.1) is 0 Å². The van der Waals surface area contributed by atoms with E-state index in [1.54, 1.807) is 0 Å². The standard InChI is InChI=1S/C16H30BrNO/c1-2-19-15-8-7-11-18(12-15)14-16(13-17)9-5-3-4-6-10-16/h15H,2-14H2,1H3. The minimum Gasteiger partial charge on any atom is -0.377 e. The SMILES string of the molecule is CCOC1CCCN(CC2(CBr)CCCCCC2)C1. The molecule has 1 unspecified atom stereocenters. The van der Waals surface area contributed by atoms with Crippen molar-refractivity contribution in [3.05, 3.63) is 0 Å². The molecule has 1 saturated carbocycles. The van der Waals surface area contributed by atoms with E-state index in [0.29, 0.717) is 11.5 Å². The van der Waals surface area contributed by atoms with Crippen LogP contribution in [-0.4, -0.2) is 42.6 Å². The molecule has 1 aliphatic carbocycles. The van der Waals surface area contributed by atoms with E-state index in [4.69, 9.17) is 4.74 Å². The first kappa shape index (κ1) is 15.8. The maximum atomic E-state index is 5.84. The molecule has 19 heavy (non-hydrogen) atoms. The predicted octanol–water partition coefficient (Wildman–Crippen LogP) is 4.22. The van der Waals surface area contributed by atoms with E-state index in [0.717, 1.165) is 13.2 Å². The largest absolute Gasteiger partial charge is 0.377 e. The maximum absolute atomic E-state index is 5.84. The average molecular weight is 332 g/mol. The predicted molar refractivity (Wildman–Crippen MR) is 85.0 cm³/mol. The topological polar surface area (TPSA) is 12.5 Å². The second kappa shape index (κ2) is 7.99. The molecular weight excluding hydrogens is 302 g/mol. The van der Waals surface area contributed by atoms with Gasteiger partial charge in [0.2, 0.25) is 0 Å². The van der Waals surface area contributed by atoms with Gasteiger partial charge in [0, 0.05) is 25.0 Å². The lowest BCUT2D eigenvalue weighted by atomic mass is 9.81. The van der Waals surface area contributed by atoms with Crippen LogP contribution < -0.4 is 0 Å². The molecule has 0 aromatic rings. The van der Waals surface area contributed by atoms with Crippen LogP contribution in [0.1, 0.15) is 58.3 Å². The van der Waals surface area contributed by atoms with Crippen LogP contribution in [0.2, 0.25) is 0 Å². The second-order valence-corrected chi connectivity index (χ2v) is 7.06. The van der Waals surface area contributed by atoms with Gasteiger partial charge in [-0.25, -0.2) is 0 Å². The quantitative estimate of drug-likeness (QED) is 0.552. The third kappa shape index (κ3) is 4.71. The molecule has 0 aromatic heterocycles. The molecule has 1 heterocycles. The van der Waals surface area contributed by atoms with Gasteiger partial charge in [-0.05, 0) is 44.6 Å². The summed E-state index contributed by atoms with van der Waals surface area (Å²) in [7, 11) is 0. The van der Waals surface area contributed by atoms with E-state index in [1.165, 1.54) is 69.8 Å². The van der Waals surface area contributed by atoms with E-state index in [9.17, 15) is 0 Å². The number of hydrogen-bond donors (Lipinski definition) is 0. The first-order valence-electron chi connectivity index (χ1n) is 8.18.